The molecule has 0 aliphatic rings. The summed E-state index contributed by atoms with van der Waals surface area (Å²) in [5.74, 6) is -8.32. The standard InChI is InChI=1S/C26H14O11/c27-21(28)13-3-1-11-7-19(17(23(31)32)9-15(11)5-13)25(35)37-26(36)20-8-12-2-4-14(22(29)30)6-16(12)10-18(20)24(33)34/h1-10H,(H,27,28)(H,29,30)(H,31,32)(H,33,34). The van der Waals surface area contributed by atoms with Crippen molar-refractivity contribution in [1.29, 1.82) is 0 Å². The molecule has 0 aromatic heterocycles. The van der Waals surface area contributed by atoms with E-state index in [-0.39, 0.29) is 21.9 Å². The van der Waals surface area contributed by atoms with Gasteiger partial charge < -0.3 is 25.2 Å². The van der Waals surface area contributed by atoms with Crippen LogP contribution in [-0.2, 0) is 4.74 Å². The summed E-state index contributed by atoms with van der Waals surface area (Å²) in [5, 5.41) is 38.4. The first-order valence-corrected chi connectivity index (χ1v) is 10.3. The van der Waals surface area contributed by atoms with Gasteiger partial charge in [-0.3, -0.25) is 0 Å². The van der Waals surface area contributed by atoms with Crippen molar-refractivity contribution in [1.82, 2.24) is 0 Å². The molecule has 11 nitrogen and oxygen atoms in total. The summed E-state index contributed by atoms with van der Waals surface area (Å²) in [6.45, 7) is 0. The van der Waals surface area contributed by atoms with Crippen LogP contribution in [0.1, 0.15) is 62.1 Å². The molecular weight excluding hydrogens is 488 g/mol. The number of carbonyl (C=O) groups is 6. The van der Waals surface area contributed by atoms with E-state index in [4.69, 9.17) is 14.9 Å². The van der Waals surface area contributed by atoms with E-state index in [1.165, 1.54) is 36.4 Å². The topological polar surface area (TPSA) is 193 Å². The summed E-state index contributed by atoms with van der Waals surface area (Å²) < 4.78 is 4.83. The Hall–Kier alpha value is -5.58. The number of hydrogen-bond donors (Lipinski definition) is 4. The van der Waals surface area contributed by atoms with Gasteiger partial charge >= 0.3 is 35.8 Å². The van der Waals surface area contributed by atoms with Crippen molar-refractivity contribution in [3.8, 4) is 0 Å². The highest BCUT2D eigenvalue weighted by atomic mass is 16.6. The molecule has 0 amide bonds. The number of rotatable bonds is 6. The van der Waals surface area contributed by atoms with E-state index < -0.39 is 58.1 Å². The summed E-state index contributed by atoms with van der Waals surface area (Å²) in [7, 11) is 0. The van der Waals surface area contributed by atoms with Crippen LogP contribution in [-0.4, -0.2) is 56.2 Å². The fraction of sp³-hybridized carbons (Fsp3) is 0. The molecule has 4 rings (SSSR count). The summed E-state index contributed by atoms with van der Waals surface area (Å²) >= 11 is 0. The smallest absolute Gasteiger partial charge is 0.346 e. The number of hydrogen-bond acceptors (Lipinski definition) is 7. The molecule has 4 aromatic rings. The lowest BCUT2D eigenvalue weighted by Crippen LogP contribution is -2.18. The van der Waals surface area contributed by atoms with Gasteiger partial charge in [-0.25, -0.2) is 28.8 Å². The van der Waals surface area contributed by atoms with Crippen molar-refractivity contribution < 1.29 is 53.9 Å². The van der Waals surface area contributed by atoms with Crippen LogP contribution in [0.15, 0.2) is 60.7 Å². The van der Waals surface area contributed by atoms with Gasteiger partial charge in [-0.1, -0.05) is 12.1 Å². The van der Waals surface area contributed by atoms with E-state index in [1.54, 1.807) is 0 Å². The van der Waals surface area contributed by atoms with E-state index in [0.29, 0.717) is 10.8 Å². The van der Waals surface area contributed by atoms with Crippen LogP contribution < -0.4 is 0 Å². The summed E-state index contributed by atoms with van der Waals surface area (Å²) in [6, 6.07) is 12.0. The number of esters is 2. The Labute approximate surface area is 205 Å². The van der Waals surface area contributed by atoms with Crippen LogP contribution in [0, 0.1) is 0 Å². The zero-order valence-corrected chi connectivity index (χ0v) is 18.4. The number of carboxylic acids is 4. The van der Waals surface area contributed by atoms with Crippen LogP contribution in [0.25, 0.3) is 21.5 Å². The maximum Gasteiger partial charge on any atom is 0.346 e. The van der Waals surface area contributed by atoms with Crippen molar-refractivity contribution in [3.05, 3.63) is 94.0 Å². The first-order valence-electron chi connectivity index (χ1n) is 10.3. The van der Waals surface area contributed by atoms with Crippen molar-refractivity contribution in [2.75, 3.05) is 0 Å². The second kappa shape index (κ2) is 9.23. The first kappa shape index (κ1) is 24.5. The van der Waals surface area contributed by atoms with Gasteiger partial charge in [0.2, 0.25) is 0 Å². The van der Waals surface area contributed by atoms with E-state index in [0.717, 1.165) is 24.3 Å². The van der Waals surface area contributed by atoms with Crippen LogP contribution in [0.2, 0.25) is 0 Å². The van der Waals surface area contributed by atoms with Crippen LogP contribution in [0.4, 0.5) is 0 Å². The number of fused-ring (bicyclic) bond motifs is 2. The summed E-state index contributed by atoms with van der Waals surface area (Å²) in [5.41, 5.74) is -2.37. The minimum atomic E-state index is -1.55. The number of carboxylic acid groups (broad SMARTS) is 4. The van der Waals surface area contributed by atoms with Crippen molar-refractivity contribution in [2.45, 2.75) is 0 Å². The monoisotopic (exact) mass is 502 g/mol. The third-order valence-electron chi connectivity index (χ3n) is 5.53. The molecule has 4 aromatic carbocycles. The third kappa shape index (κ3) is 4.68. The Morgan fingerprint density at radius 3 is 1.11 bits per heavy atom. The molecule has 0 unspecified atom stereocenters. The van der Waals surface area contributed by atoms with Gasteiger partial charge in [-0.15, -0.1) is 0 Å². The Morgan fingerprint density at radius 1 is 0.432 bits per heavy atom. The quantitative estimate of drug-likeness (QED) is 0.221. The first-order chi connectivity index (χ1) is 17.5. The van der Waals surface area contributed by atoms with Gasteiger partial charge in [0.1, 0.15) is 0 Å². The average molecular weight is 502 g/mol. The Kier molecular flexibility index (Phi) is 6.12. The molecule has 4 N–H and O–H groups in total. The molecular formula is C26H14O11. The Balaban J connectivity index is 1.75. The predicted molar refractivity (Wildman–Crippen MR) is 125 cm³/mol. The van der Waals surface area contributed by atoms with Gasteiger partial charge in [0.15, 0.2) is 0 Å². The average Bonchev–Trinajstić information content (AvgIpc) is 2.85. The Morgan fingerprint density at radius 2 is 0.784 bits per heavy atom. The normalized spacial score (nSPS) is 10.7. The molecule has 0 bridgehead atoms. The van der Waals surface area contributed by atoms with Gasteiger partial charge in [0.25, 0.3) is 0 Å². The van der Waals surface area contributed by atoms with E-state index in [9.17, 15) is 39.0 Å². The van der Waals surface area contributed by atoms with Crippen molar-refractivity contribution in [2.24, 2.45) is 0 Å². The predicted octanol–water partition coefficient (Wildman–Crippen LogP) is 3.78. The van der Waals surface area contributed by atoms with Crippen molar-refractivity contribution >= 4 is 57.4 Å². The summed E-state index contributed by atoms with van der Waals surface area (Å²) in [4.78, 5) is 71.6. The van der Waals surface area contributed by atoms with E-state index in [1.807, 2.05) is 0 Å². The SMILES string of the molecule is O=C(O)c1ccc2cc(C(=O)OC(=O)c3cc4ccc(C(=O)O)cc4cc3C(=O)O)c(C(=O)O)cc2c1. The lowest BCUT2D eigenvalue weighted by atomic mass is 9.98. The minimum Gasteiger partial charge on any atom is -0.478 e. The molecule has 0 atom stereocenters. The molecule has 0 fully saturated rings. The highest BCUT2D eigenvalue weighted by Crippen LogP contribution is 2.26. The number of aromatic carboxylic acids is 4. The number of carbonyl (C=O) groups excluding carboxylic acids is 2. The number of benzene rings is 4. The minimum absolute atomic E-state index is 0.109. The molecule has 37 heavy (non-hydrogen) atoms. The molecule has 0 saturated heterocycles. The molecule has 11 heteroatoms. The van der Waals surface area contributed by atoms with Crippen LogP contribution in [0.5, 0.6) is 0 Å². The fourth-order valence-electron chi connectivity index (χ4n) is 3.75. The van der Waals surface area contributed by atoms with Gasteiger partial charge in [0, 0.05) is 0 Å². The zero-order chi connectivity index (χ0) is 27.0. The van der Waals surface area contributed by atoms with E-state index >= 15 is 0 Å². The maximum absolute atomic E-state index is 12.8. The molecule has 0 radical (unpaired) electrons. The van der Waals surface area contributed by atoms with Crippen LogP contribution in [0.3, 0.4) is 0 Å². The lowest BCUT2D eigenvalue weighted by Gasteiger charge is -2.11. The van der Waals surface area contributed by atoms with Gasteiger partial charge in [-0.05, 0) is 70.1 Å². The highest BCUT2D eigenvalue weighted by molar-refractivity contribution is 6.14. The molecule has 184 valence electrons. The Bertz CT molecular complexity index is 1570. The number of ether oxygens (including phenoxy) is 1. The molecule has 0 aliphatic carbocycles. The largest absolute Gasteiger partial charge is 0.478 e. The third-order valence-corrected chi connectivity index (χ3v) is 5.53. The van der Waals surface area contributed by atoms with Gasteiger partial charge in [-0.2, -0.15) is 0 Å². The zero-order valence-electron chi connectivity index (χ0n) is 18.4. The van der Waals surface area contributed by atoms with Crippen LogP contribution >= 0.6 is 0 Å². The fourth-order valence-corrected chi connectivity index (χ4v) is 3.75. The summed E-state index contributed by atoms with van der Waals surface area (Å²) in [6.07, 6.45) is 0. The molecule has 0 heterocycles. The second-order valence-corrected chi connectivity index (χ2v) is 7.82. The highest BCUT2D eigenvalue weighted by Gasteiger charge is 2.26. The lowest BCUT2D eigenvalue weighted by molar-refractivity contribution is 0.0386. The molecule has 0 saturated carbocycles. The van der Waals surface area contributed by atoms with E-state index in [2.05, 4.69) is 0 Å². The van der Waals surface area contributed by atoms with Gasteiger partial charge in [0.05, 0.1) is 33.4 Å². The maximum atomic E-state index is 12.8. The molecule has 0 aliphatic heterocycles. The molecule has 0 spiro atoms. The second-order valence-electron chi connectivity index (χ2n) is 7.82. The van der Waals surface area contributed by atoms with Crippen molar-refractivity contribution in [3.63, 3.8) is 0 Å².